The van der Waals surface area contributed by atoms with Crippen LogP contribution in [-0.4, -0.2) is 44.1 Å². The number of hydrogen-bond donors (Lipinski definition) is 1. The van der Waals surface area contributed by atoms with Crippen molar-refractivity contribution < 1.29 is 24.2 Å². The van der Waals surface area contributed by atoms with Gasteiger partial charge in [0.25, 0.3) is 11.7 Å². The molecule has 0 saturated carbocycles. The molecule has 1 atom stereocenters. The van der Waals surface area contributed by atoms with E-state index >= 15 is 0 Å². The molecule has 1 unspecified atom stereocenters. The Balaban J connectivity index is 1.90. The second kappa shape index (κ2) is 10.8. The molecular formula is C30H32N2O5. The molecule has 1 saturated heterocycles. The highest BCUT2D eigenvalue weighted by atomic mass is 16.5. The molecule has 4 rings (SSSR count). The summed E-state index contributed by atoms with van der Waals surface area (Å²) >= 11 is 0. The largest absolute Gasteiger partial charge is 0.507 e. The first kappa shape index (κ1) is 25.8. The van der Waals surface area contributed by atoms with Gasteiger partial charge in [0.15, 0.2) is 0 Å². The minimum absolute atomic E-state index is 0.0460. The standard InChI is InChI=1S/C30H32N2O5/c1-6-31(7-2)21-10-8-20(9-11-21)27-26(28(33)25-17-16-24(37-5)18-19(25)3)29(34)30(35)32(27)22-12-14-23(36-4)15-13-22/h8-18,27,33H,6-7H2,1-5H3/b28-26-. The number of amides is 1. The van der Waals surface area contributed by atoms with E-state index in [0.717, 1.165) is 29.9 Å². The Morgan fingerprint density at radius 1 is 0.892 bits per heavy atom. The minimum atomic E-state index is -0.805. The van der Waals surface area contributed by atoms with Crippen LogP contribution >= 0.6 is 0 Å². The van der Waals surface area contributed by atoms with Crippen molar-refractivity contribution in [2.45, 2.75) is 26.8 Å². The van der Waals surface area contributed by atoms with Gasteiger partial charge in [0, 0.05) is 30.0 Å². The number of aliphatic hydroxyl groups excluding tert-OH is 1. The average molecular weight is 501 g/mol. The van der Waals surface area contributed by atoms with Gasteiger partial charge in [-0.2, -0.15) is 0 Å². The second-order valence-electron chi connectivity index (χ2n) is 8.81. The number of benzene rings is 3. The van der Waals surface area contributed by atoms with Gasteiger partial charge >= 0.3 is 0 Å². The maximum Gasteiger partial charge on any atom is 0.300 e. The Morgan fingerprint density at radius 2 is 1.49 bits per heavy atom. The molecule has 0 spiro atoms. The number of aryl methyl sites for hydroxylation is 1. The molecule has 3 aromatic rings. The monoisotopic (exact) mass is 500 g/mol. The number of ether oxygens (including phenoxy) is 2. The van der Waals surface area contributed by atoms with Gasteiger partial charge in [-0.05, 0) is 86.5 Å². The number of anilines is 2. The van der Waals surface area contributed by atoms with Crippen LogP contribution in [0.15, 0.2) is 72.3 Å². The summed E-state index contributed by atoms with van der Waals surface area (Å²) in [6.07, 6.45) is 0. The predicted octanol–water partition coefficient (Wildman–Crippen LogP) is 5.48. The summed E-state index contributed by atoms with van der Waals surface area (Å²) in [5, 5.41) is 11.5. The number of nitrogens with zero attached hydrogens (tertiary/aromatic N) is 2. The number of ketones is 1. The lowest BCUT2D eigenvalue weighted by molar-refractivity contribution is -0.132. The van der Waals surface area contributed by atoms with Gasteiger partial charge in [0.2, 0.25) is 0 Å². The van der Waals surface area contributed by atoms with Crippen molar-refractivity contribution in [1.29, 1.82) is 0 Å². The maximum absolute atomic E-state index is 13.4. The fraction of sp³-hybridized carbons (Fsp3) is 0.267. The Bertz CT molecular complexity index is 1330. The van der Waals surface area contributed by atoms with Crippen LogP contribution < -0.4 is 19.3 Å². The molecule has 7 nitrogen and oxygen atoms in total. The van der Waals surface area contributed by atoms with Crippen molar-refractivity contribution in [3.05, 3.63) is 89.0 Å². The highest BCUT2D eigenvalue weighted by Gasteiger charge is 2.47. The maximum atomic E-state index is 13.4. The van der Waals surface area contributed by atoms with E-state index in [2.05, 4.69) is 18.7 Å². The topological polar surface area (TPSA) is 79.3 Å². The minimum Gasteiger partial charge on any atom is -0.507 e. The van der Waals surface area contributed by atoms with E-state index in [1.807, 2.05) is 31.2 Å². The Kier molecular flexibility index (Phi) is 7.53. The van der Waals surface area contributed by atoms with Gasteiger partial charge in [-0.25, -0.2) is 0 Å². The summed E-state index contributed by atoms with van der Waals surface area (Å²) in [5.41, 5.74) is 3.54. The molecule has 1 aliphatic rings. The zero-order valence-corrected chi connectivity index (χ0v) is 21.8. The molecule has 7 heteroatoms. The molecule has 1 N–H and O–H groups in total. The highest BCUT2D eigenvalue weighted by molar-refractivity contribution is 6.51. The highest BCUT2D eigenvalue weighted by Crippen LogP contribution is 2.43. The number of rotatable bonds is 8. The molecule has 0 aliphatic carbocycles. The van der Waals surface area contributed by atoms with Crippen LogP contribution in [0.5, 0.6) is 11.5 Å². The van der Waals surface area contributed by atoms with Crippen molar-refractivity contribution in [2.24, 2.45) is 0 Å². The Hall–Kier alpha value is -4.26. The summed E-state index contributed by atoms with van der Waals surface area (Å²) < 4.78 is 10.5. The first-order valence-corrected chi connectivity index (χ1v) is 12.3. The van der Waals surface area contributed by atoms with Crippen molar-refractivity contribution in [3.8, 4) is 11.5 Å². The number of methoxy groups -OCH3 is 2. The van der Waals surface area contributed by atoms with Gasteiger partial charge in [0.1, 0.15) is 17.3 Å². The fourth-order valence-electron chi connectivity index (χ4n) is 4.79. The van der Waals surface area contributed by atoms with Crippen LogP contribution in [0.4, 0.5) is 11.4 Å². The van der Waals surface area contributed by atoms with Crippen molar-refractivity contribution >= 4 is 28.8 Å². The normalized spacial score (nSPS) is 16.7. The number of aliphatic hydroxyl groups is 1. The first-order chi connectivity index (χ1) is 17.8. The number of carbonyl (C=O) groups is 2. The van der Waals surface area contributed by atoms with Gasteiger partial charge in [-0.1, -0.05) is 12.1 Å². The third kappa shape index (κ3) is 4.77. The van der Waals surface area contributed by atoms with E-state index in [0.29, 0.717) is 22.7 Å². The van der Waals surface area contributed by atoms with Gasteiger partial charge in [-0.15, -0.1) is 0 Å². The molecule has 1 heterocycles. The van der Waals surface area contributed by atoms with Gasteiger partial charge in [0.05, 0.1) is 25.8 Å². The van der Waals surface area contributed by atoms with Gasteiger partial charge < -0.3 is 19.5 Å². The lowest BCUT2D eigenvalue weighted by Crippen LogP contribution is -2.29. The van der Waals surface area contributed by atoms with E-state index in [9.17, 15) is 14.7 Å². The van der Waals surface area contributed by atoms with Gasteiger partial charge in [-0.3, -0.25) is 14.5 Å². The quantitative estimate of drug-likeness (QED) is 0.251. The fourth-order valence-corrected chi connectivity index (χ4v) is 4.79. The summed E-state index contributed by atoms with van der Waals surface area (Å²) in [5.74, 6) is -0.380. The van der Waals surface area contributed by atoms with E-state index < -0.39 is 17.7 Å². The Morgan fingerprint density at radius 3 is 2.03 bits per heavy atom. The SMILES string of the molecule is CCN(CC)c1ccc(C2/C(=C(/O)c3ccc(OC)cc3C)C(=O)C(=O)N2c2ccc(OC)cc2)cc1. The molecule has 1 amide bonds. The average Bonchev–Trinajstić information content (AvgIpc) is 3.19. The molecular weight excluding hydrogens is 468 g/mol. The van der Waals surface area contributed by atoms with Crippen molar-refractivity contribution in [2.75, 3.05) is 37.1 Å². The summed E-state index contributed by atoms with van der Waals surface area (Å²) in [4.78, 5) is 30.5. The van der Waals surface area contributed by atoms with Crippen LogP contribution in [0.3, 0.4) is 0 Å². The third-order valence-electron chi connectivity index (χ3n) is 6.82. The first-order valence-electron chi connectivity index (χ1n) is 12.3. The molecule has 0 bridgehead atoms. The van der Waals surface area contributed by atoms with E-state index in [4.69, 9.17) is 9.47 Å². The van der Waals surface area contributed by atoms with Crippen LogP contribution in [0.2, 0.25) is 0 Å². The van der Waals surface area contributed by atoms with Crippen molar-refractivity contribution in [3.63, 3.8) is 0 Å². The number of Topliss-reactive ketones (excluding diaryl/α,β-unsaturated/α-hetero) is 1. The lowest BCUT2D eigenvalue weighted by Gasteiger charge is -2.27. The number of carbonyl (C=O) groups excluding carboxylic acids is 2. The van der Waals surface area contributed by atoms with Crippen LogP contribution in [0, 0.1) is 6.92 Å². The summed E-state index contributed by atoms with van der Waals surface area (Å²) in [7, 11) is 3.13. The van der Waals surface area contributed by atoms with Crippen molar-refractivity contribution in [1.82, 2.24) is 0 Å². The molecule has 192 valence electrons. The molecule has 1 fully saturated rings. The molecule has 0 radical (unpaired) electrons. The van der Waals surface area contributed by atoms with E-state index in [1.165, 1.54) is 4.90 Å². The number of hydrogen-bond acceptors (Lipinski definition) is 6. The molecule has 3 aromatic carbocycles. The zero-order chi connectivity index (χ0) is 26.7. The molecule has 0 aromatic heterocycles. The third-order valence-corrected chi connectivity index (χ3v) is 6.82. The van der Waals surface area contributed by atoms with Crippen LogP contribution in [-0.2, 0) is 9.59 Å². The molecule has 37 heavy (non-hydrogen) atoms. The summed E-state index contributed by atoms with van der Waals surface area (Å²) in [6, 6.07) is 19.1. The van der Waals surface area contributed by atoms with Crippen LogP contribution in [0.1, 0.15) is 36.6 Å². The second-order valence-corrected chi connectivity index (χ2v) is 8.81. The molecule has 1 aliphatic heterocycles. The zero-order valence-electron chi connectivity index (χ0n) is 21.8. The van der Waals surface area contributed by atoms with E-state index in [-0.39, 0.29) is 11.3 Å². The Labute approximate surface area is 217 Å². The van der Waals surface area contributed by atoms with Crippen LogP contribution in [0.25, 0.3) is 5.76 Å². The van der Waals surface area contributed by atoms with E-state index in [1.54, 1.807) is 56.7 Å². The summed E-state index contributed by atoms with van der Waals surface area (Å²) in [6.45, 7) is 7.72. The predicted molar refractivity (Wildman–Crippen MR) is 146 cm³/mol. The lowest BCUT2D eigenvalue weighted by atomic mass is 9.93. The smallest absolute Gasteiger partial charge is 0.300 e.